The lowest BCUT2D eigenvalue weighted by Crippen LogP contribution is -2.33. The minimum Gasteiger partial charge on any atom is -0.496 e. The molecule has 1 aliphatic carbocycles. The smallest absolute Gasteiger partial charge is 0.337 e. The number of aromatic nitrogens is 1. The van der Waals surface area contributed by atoms with Crippen molar-refractivity contribution in [3.63, 3.8) is 0 Å². The molecule has 0 bridgehead atoms. The quantitative estimate of drug-likeness (QED) is 0.500. The molecule has 30 heavy (non-hydrogen) atoms. The first-order valence-electron chi connectivity index (χ1n) is 10.4. The molecule has 156 valence electrons. The Hall–Kier alpha value is -2.88. The lowest BCUT2D eigenvalue weighted by molar-refractivity contribution is 0.0600. The molecule has 0 amide bonds. The molecule has 0 fully saturated rings. The normalized spacial score (nSPS) is 16.7. The summed E-state index contributed by atoms with van der Waals surface area (Å²) in [5, 5.41) is 1.04. The van der Waals surface area contributed by atoms with Crippen LogP contribution in [0.4, 0.5) is 0 Å². The summed E-state index contributed by atoms with van der Waals surface area (Å²) in [5.74, 6) is 0.469. The highest BCUT2D eigenvalue weighted by Gasteiger charge is 2.37. The van der Waals surface area contributed by atoms with Crippen LogP contribution in [0.25, 0.3) is 22.2 Å². The number of carbonyl (C=O) groups is 1. The van der Waals surface area contributed by atoms with Crippen molar-refractivity contribution in [2.24, 2.45) is 0 Å². The van der Waals surface area contributed by atoms with E-state index in [2.05, 4.69) is 39.8 Å². The van der Waals surface area contributed by atoms with Crippen molar-refractivity contribution in [2.45, 2.75) is 51.4 Å². The number of fused-ring (bicyclic) bond motifs is 2. The Balaban J connectivity index is 1.90. The molecule has 4 nitrogen and oxygen atoms in total. The molecule has 0 saturated heterocycles. The zero-order valence-corrected chi connectivity index (χ0v) is 18.6. The molecule has 0 radical (unpaired) electrons. The van der Waals surface area contributed by atoms with Gasteiger partial charge in [-0.05, 0) is 59.1 Å². The molecule has 0 saturated carbocycles. The van der Waals surface area contributed by atoms with E-state index in [-0.39, 0.29) is 16.8 Å². The van der Waals surface area contributed by atoms with Crippen LogP contribution in [-0.2, 0) is 15.6 Å². The number of rotatable bonds is 3. The van der Waals surface area contributed by atoms with Gasteiger partial charge in [0.1, 0.15) is 5.75 Å². The molecule has 4 heteroatoms. The highest BCUT2D eigenvalue weighted by molar-refractivity contribution is 5.91. The summed E-state index contributed by atoms with van der Waals surface area (Å²) in [7, 11) is 3.09. The highest BCUT2D eigenvalue weighted by atomic mass is 16.5. The third kappa shape index (κ3) is 3.34. The molecule has 1 aromatic heterocycles. The Labute approximate surface area is 178 Å². The van der Waals surface area contributed by atoms with E-state index >= 15 is 0 Å². The highest BCUT2D eigenvalue weighted by Crippen LogP contribution is 2.47. The van der Waals surface area contributed by atoms with E-state index in [4.69, 9.17) is 14.5 Å². The van der Waals surface area contributed by atoms with Crippen LogP contribution >= 0.6 is 0 Å². The maximum absolute atomic E-state index is 11.7. The van der Waals surface area contributed by atoms with Gasteiger partial charge >= 0.3 is 5.97 Å². The molecule has 0 unspecified atom stereocenters. The Kier molecular flexibility index (Phi) is 4.84. The van der Waals surface area contributed by atoms with E-state index in [0.717, 1.165) is 34.3 Å². The minimum atomic E-state index is -0.345. The van der Waals surface area contributed by atoms with E-state index in [0.29, 0.717) is 5.56 Å². The Morgan fingerprint density at radius 3 is 2.07 bits per heavy atom. The van der Waals surface area contributed by atoms with Crippen LogP contribution in [0.5, 0.6) is 5.75 Å². The van der Waals surface area contributed by atoms with Crippen LogP contribution in [0.3, 0.4) is 0 Å². The summed E-state index contributed by atoms with van der Waals surface area (Å²) in [6.45, 7) is 9.28. The number of nitrogens with zero attached hydrogens (tertiary/aromatic N) is 1. The van der Waals surface area contributed by atoms with Gasteiger partial charge in [0.25, 0.3) is 0 Å². The van der Waals surface area contributed by atoms with Crippen LogP contribution in [-0.4, -0.2) is 25.2 Å². The Morgan fingerprint density at radius 1 is 0.900 bits per heavy atom. The first-order valence-corrected chi connectivity index (χ1v) is 10.4. The fraction of sp³-hybridized carbons (Fsp3) is 0.385. The summed E-state index contributed by atoms with van der Waals surface area (Å²) in [5.41, 5.74) is 6.22. The number of esters is 1. The Bertz CT molecular complexity index is 1130. The van der Waals surface area contributed by atoms with Gasteiger partial charge in [0.15, 0.2) is 0 Å². The van der Waals surface area contributed by atoms with Crippen molar-refractivity contribution in [3.8, 4) is 17.0 Å². The van der Waals surface area contributed by atoms with Crippen LogP contribution in [0.1, 0.15) is 62.0 Å². The van der Waals surface area contributed by atoms with Gasteiger partial charge < -0.3 is 9.47 Å². The van der Waals surface area contributed by atoms with Gasteiger partial charge in [-0.2, -0.15) is 0 Å². The van der Waals surface area contributed by atoms with E-state index in [1.54, 1.807) is 19.2 Å². The molecule has 0 spiro atoms. The predicted molar refractivity (Wildman–Crippen MR) is 120 cm³/mol. The zero-order valence-electron chi connectivity index (χ0n) is 18.6. The average molecular weight is 404 g/mol. The summed E-state index contributed by atoms with van der Waals surface area (Å²) >= 11 is 0. The van der Waals surface area contributed by atoms with E-state index in [1.165, 1.54) is 24.7 Å². The topological polar surface area (TPSA) is 48.4 Å². The monoisotopic (exact) mass is 403 g/mol. The van der Waals surface area contributed by atoms with E-state index in [9.17, 15) is 4.79 Å². The molecule has 0 aliphatic heterocycles. The number of carbonyl (C=O) groups excluding carboxylic acids is 1. The van der Waals surface area contributed by atoms with Crippen molar-refractivity contribution in [3.05, 3.63) is 59.2 Å². The van der Waals surface area contributed by atoms with Crippen molar-refractivity contribution >= 4 is 16.9 Å². The van der Waals surface area contributed by atoms with Crippen LogP contribution in [0.15, 0.2) is 42.5 Å². The maximum Gasteiger partial charge on any atom is 0.337 e. The van der Waals surface area contributed by atoms with Crippen molar-refractivity contribution in [1.82, 2.24) is 4.98 Å². The van der Waals surface area contributed by atoms with Gasteiger partial charge in [-0.15, -0.1) is 0 Å². The molecule has 0 atom stereocenters. The van der Waals surface area contributed by atoms with E-state index in [1.807, 2.05) is 18.2 Å². The van der Waals surface area contributed by atoms with Gasteiger partial charge in [0, 0.05) is 17.0 Å². The fourth-order valence-corrected chi connectivity index (χ4v) is 4.47. The lowest BCUT2D eigenvalue weighted by atomic mass is 9.63. The molecule has 1 heterocycles. The Morgan fingerprint density at radius 2 is 1.50 bits per heavy atom. The lowest BCUT2D eigenvalue weighted by Gasteiger charge is -2.42. The van der Waals surface area contributed by atoms with Crippen molar-refractivity contribution in [1.29, 1.82) is 0 Å². The SMILES string of the molecule is COC(=O)c1ccc(-c2cc(OC)c3cc4c(cc3n2)C(C)(C)CCC4(C)C)cc1. The number of ether oxygens (including phenoxy) is 2. The van der Waals surface area contributed by atoms with Crippen molar-refractivity contribution in [2.75, 3.05) is 14.2 Å². The summed E-state index contributed by atoms with van der Waals surface area (Å²) in [6.07, 6.45) is 2.32. The molecular weight excluding hydrogens is 374 g/mol. The van der Waals surface area contributed by atoms with Gasteiger partial charge in [-0.1, -0.05) is 39.8 Å². The average Bonchev–Trinajstić information content (AvgIpc) is 2.75. The van der Waals surface area contributed by atoms with Crippen LogP contribution < -0.4 is 4.74 Å². The second-order valence-corrected chi connectivity index (χ2v) is 9.46. The predicted octanol–water partition coefficient (Wildman–Crippen LogP) is 6.05. The fourth-order valence-electron chi connectivity index (χ4n) is 4.47. The largest absolute Gasteiger partial charge is 0.496 e. The number of methoxy groups -OCH3 is 2. The van der Waals surface area contributed by atoms with Gasteiger partial charge in [0.2, 0.25) is 0 Å². The number of benzene rings is 2. The van der Waals surface area contributed by atoms with Gasteiger partial charge in [-0.25, -0.2) is 9.78 Å². The van der Waals surface area contributed by atoms with Gasteiger partial charge in [0.05, 0.1) is 31.0 Å². The molecular formula is C26H29NO3. The molecule has 1 aliphatic rings. The first kappa shape index (κ1) is 20.4. The second-order valence-electron chi connectivity index (χ2n) is 9.46. The number of pyridine rings is 1. The third-order valence-electron chi connectivity index (χ3n) is 6.56. The van der Waals surface area contributed by atoms with E-state index < -0.39 is 0 Å². The molecule has 4 rings (SSSR count). The third-order valence-corrected chi connectivity index (χ3v) is 6.56. The molecule has 3 aromatic rings. The first-order chi connectivity index (χ1) is 14.2. The molecule has 2 aromatic carbocycles. The molecule has 0 N–H and O–H groups in total. The number of hydrogen-bond acceptors (Lipinski definition) is 4. The second kappa shape index (κ2) is 7.12. The van der Waals surface area contributed by atoms with Crippen LogP contribution in [0.2, 0.25) is 0 Å². The summed E-state index contributed by atoms with van der Waals surface area (Å²) in [4.78, 5) is 16.7. The maximum atomic E-state index is 11.7. The standard InChI is InChI=1S/C26H29NO3/c1-25(2)11-12-26(3,4)20-14-22-18(13-19(20)25)23(29-5)15-21(27-22)16-7-9-17(10-8-16)24(28)30-6/h7-10,13-15H,11-12H2,1-6H3. The van der Waals surface area contributed by atoms with Crippen molar-refractivity contribution < 1.29 is 14.3 Å². The zero-order chi connectivity index (χ0) is 21.7. The van der Waals surface area contributed by atoms with Crippen LogP contribution in [0, 0.1) is 0 Å². The summed E-state index contributed by atoms with van der Waals surface area (Å²) in [6, 6.07) is 13.8. The minimum absolute atomic E-state index is 0.117. The summed E-state index contributed by atoms with van der Waals surface area (Å²) < 4.78 is 10.6. The number of hydrogen-bond donors (Lipinski definition) is 0. The van der Waals surface area contributed by atoms with Gasteiger partial charge in [-0.3, -0.25) is 0 Å².